The van der Waals surface area contributed by atoms with Crippen molar-refractivity contribution >= 4 is 12.1 Å². The minimum Gasteiger partial charge on any atom is -0.463 e. The van der Waals surface area contributed by atoms with Crippen molar-refractivity contribution in [3.05, 3.63) is 0 Å². The number of likely N-dealkylation sites (N-methyl/N-ethyl adjacent to an activating group) is 1. The van der Waals surface area contributed by atoms with E-state index in [1.54, 1.807) is 7.05 Å². The molecule has 304 valence electrons. The highest BCUT2D eigenvalue weighted by atomic mass is 16.6. The standard InChI is InChI=1S/C34H67NO16/c1-32(36)50-31-30-49-29-28-48-27-26-47-25-24-46-23-22-45-21-20-44-19-18-43-17-16-42-15-14-41-13-12-40-11-10-39-9-8-38-7-6-35(5)33(37)51-34(2,3)4/h6-31H2,1-5H3. The Bertz CT molecular complexity index is 758. The maximum absolute atomic E-state index is 11.9. The van der Waals surface area contributed by atoms with Crippen LogP contribution < -0.4 is 0 Å². The first-order valence-electron chi connectivity index (χ1n) is 17.7. The van der Waals surface area contributed by atoms with Crippen LogP contribution in [0.25, 0.3) is 0 Å². The second kappa shape index (κ2) is 38.0. The fourth-order valence-electron chi connectivity index (χ4n) is 3.40. The first-order valence-corrected chi connectivity index (χ1v) is 17.7. The molecule has 51 heavy (non-hydrogen) atoms. The molecule has 0 heterocycles. The Labute approximate surface area is 304 Å². The fraction of sp³-hybridized carbons (Fsp3) is 0.941. The van der Waals surface area contributed by atoms with Gasteiger partial charge in [-0.3, -0.25) is 4.79 Å². The summed E-state index contributed by atoms with van der Waals surface area (Å²) >= 11 is 0. The normalized spacial score (nSPS) is 11.6. The molecule has 0 fully saturated rings. The van der Waals surface area contributed by atoms with Gasteiger partial charge >= 0.3 is 12.1 Å². The van der Waals surface area contributed by atoms with E-state index >= 15 is 0 Å². The minimum absolute atomic E-state index is 0.253. The number of hydrogen-bond donors (Lipinski definition) is 0. The third kappa shape index (κ3) is 42.6. The summed E-state index contributed by atoms with van der Waals surface area (Å²) in [7, 11) is 1.68. The lowest BCUT2D eigenvalue weighted by molar-refractivity contribution is -0.142. The molecule has 0 atom stereocenters. The first kappa shape index (κ1) is 49.3. The largest absolute Gasteiger partial charge is 0.463 e. The zero-order valence-electron chi connectivity index (χ0n) is 31.9. The molecule has 0 aromatic rings. The van der Waals surface area contributed by atoms with Crippen molar-refractivity contribution in [3.8, 4) is 0 Å². The van der Waals surface area contributed by atoms with Gasteiger partial charge in [-0.2, -0.15) is 0 Å². The van der Waals surface area contributed by atoms with Gasteiger partial charge in [0.2, 0.25) is 0 Å². The second-order valence-corrected chi connectivity index (χ2v) is 11.6. The summed E-state index contributed by atoms with van der Waals surface area (Å²) in [4.78, 5) is 23.9. The van der Waals surface area contributed by atoms with Gasteiger partial charge in [-0.1, -0.05) is 0 Å². The van der Waals surface area contributed by atoms with E-state index in [2.05, 4.69) is 0 Å². The average Bonchev–Trinajstić information content (AvgIpc) is 3.08. The minimum atomic E-state index is -0.514. The fourth-order valence-corrected chi connectivity index (χ4v) is 3.40. The predicted octanol–water partition coefficient (Wildman–Crippen LogP) is 1.62. The van der Waals surface area contributed by atoms with E-state index in [0.29, 0.717) is 165 Å². The number of carbonyl (C=O) groups excluding carboxylic acids is 2. The molecule has 0 aliphatic carbocycles. The number of nitrogens with zero attached hydrogens (tertiary/aromatic N) is 1. The van der Waals surface area contributed by atoms with E-state index in [0.717, 1.165) is 0 Å². The van der Waals surface area contributed by atoms with E-state index in [9.17, 15) is 9.59 Å². The second-order valence-electron chi connectivity index (χ2n) is 11.6. The lowest BCUT2D eigenvalue weighted by Gasteiger charge is -2.24. The number of amides is 1. The molecule has 0 spiro atoms. The van der Waals surface area contributed by atoms with E-state index in [1.807, 2.05) is 20.8 Å². The van der Waals surface area contributed by atoms with Crippen molar-refractivity contribution in [2.24, 2.45) is 0 Å². The number of ether oxygens (including phenoxy) is 14. The third-order valence-corrected chi connectivity index (χ3v) is 5.90. The summed E-state index contributed by atoms with van der Waals surface area (Å²) < 4.78 is 75.3. The quantitative estimate of drug-likeness (QED) is 0.0657. The Kier molecular flexibility index (Phi) is 36.7. The molecule has 0 rings (SSSR count). The Hall–Kier alpha value is -1.74. The predicted molar refractivity (Wildman–Crippen MR) is 185 cm³/mol. The van der Waals surface area contributed by atoms with Crippen LogP contribution in [-0.2, 0) is 71.1 Å². The first-order chi connectivity index (χ1) is 24.7. The van der Waals surface area contributed by atoms with Crippen molar-refractivity contribution in [2.75, 3.05) is 179 Å². The van der Waals surface area contributed by atoms with E-state index in [-0.39, 0.29) is 18.7 Å². The van der Waals surface area contributed by atoms with Gasteiger partial charge < -0.3 is 71.2 Å². The Morgan fingerprint density at radius 3 is 0.824 bits per heavy atom. The van der Waals surface area contributed by atoms with Gasteiger partial charge in [-0.05, 0) is 20.8 Å². The van der Waals surface area contributed by atoms with Crippen molar-refractivity contribution in [1.29, 1.82) is 0 Å². The molecule has 0 radical (unpaired) electrons. The Morgan fingerprint density at radius 2 is 0.608 bits per heavy atom. The zero-order valence-corrected chi connectivity index (χ0v) is 31.9. The Balaban J connectivity index is 3.13. The van der Waals surface area contributed by atoms with Gasteiger partial charge in [0.25, 0.3) is 0 Å². The molecule has 0 unspecified atom stereocenters. The molecule has 1 amide bonds. The van der Waals surface area contributed by atoms with E-state index < -0.39 is 5.60 Å². The summed E-state index contributed by atoms with van der Waals surface area (Å²) in [6.07, 6.45) is -0.368. The molecule has 0 saturated carbocycles. The van der Waals surface area contributed by atoms with Crippen LogP contribution in [0.15, 0.2) is 0 Å². The van der Waals surface area contributed by atoms with Gasteiger partial charge in [-0.15, -0.1) is 0 Å². The third-order valence-electron chi connectivity index (χ3n) is 5.90. The highest BCUT2D eigenvalue weighted by Crippen LogP contribution is 2.08. The maximum atomic E-state index is 11.9. The monoisotopic (exact) mass is 745 g/mol. The molecule has 0 aliphatic rings. The molecule has 17 heteroatoms. The van der Waals surface area contributed by atoms with Crippen LogP contribution in [0.1, 0.15) is 27.7 Å². The van der Waals surface area contributed by atoms with Gasteiger partial charge in [0.15, 0.2) is 0 Å². The van der Waals surface area contributed by atoms with E-state index in [1.165, 1.54) is 11.8 Å². The molecular weight excluding hydrogens is 678 g/mol. The number of esters is 1. The summed E-state index contributed by atoms with van der Waals surface area (Å²) in [5, 5.41) is 0. The average molecular weight is 746 g/mol. The molecule has 0 aliphatic heterocycles. The van der Waals surface area contributed by atoms with Crippen LogP contribution in [-0.4, -0.2) is 201 Å². The summed E-state index contributed by atoms with van der Waals surface area (Å²) in [6, 6.07) is 0. The lowest BCUT2D eigenvalue weighted by Crippen LogP contribution is -2.36. The lowest BCUT2D eigenvalue weighted by atomic mass is 10.2. The van der Waals surface area contributed by atoms with Crippen LogP contribution in [0, 0.1) is 0 Å². The molecule has 0 bridgehead atoms. The van der Waals surface area contributed by atoms with E-state index in [4.69, 9.17) is 66.3 Å². The molecule has 0 aromatic carbocycles. The molecule has 0 aromatic heterocycles. The van der Waals surface area contributed by atoms with Gasteiger partial charge in [0, 0.05) is 20.5 Å². The summed E-state index contributed by atoms with van der Waals surface area (Å²) in [5.74, 6) is -0.315. The number of hydrogen-bond acceptors (Lipinski definition) is 16. The summed E-state index contributed by atoms with van der Waals surface area (Å²) in [5.41, 5.74) is -0.514. The maximum Gasteiger partial charge on any atom is 0.410 e. The van der Waals surface area contributed by atoms with Crippen LogP contribution in [0.2, 0.25) is 0 Å². The van der Waals surface area contributed by atoms with Crippen LogP contribution in [0.5, 0.6) is 0 Å². The summed E-state index contributed by atoms with van der Waals surface area (Å²) in [6.45, 7) is 18.8. The molecular formula is C34H67NO16. The van der Waals surface area contributed by atoms with Gasteiger partial charge in [0.05, 0.1) is 159 Å². The smallest absolute Gasteiger partial charge is 0.410 e. The Morgan fingerprint density at radius 1 is 0.392 bits per heavy atom. The van der Waals surface area contributed by atoms with Crippen molar-refractivity contribution in [3.63, 3.8) is 0 Å². The topological polar surface area (TPSA) is 167 Å². The number of rotatable bonds is 39. The van der Waals surface area contributed by atoms with Crippen molar-refractivity contribution in [2.45, 2.75) is 33.3 Å². The SMILES string of the molecule is CC(=O)OCCOCCOCCOCCOCCOCCOCCOCCOCCOCCOCCOCCOCCN(C)C(=O)OC(C)(C)C. The van der Waals surface area contributed by atoms with Gasteiger partial charge in [-0.25, -0.2) is 4.79 Å². The van der Waals surface area contributed by atoms with Crippen molar-refractivity contribution in [1.82, 2.24) is 4.90 Å². The van der Waals surface area contributed by atoms with Crippen LogP contribution >= 0.6 is 0 Å². The zero-order chi connectivity index (χ0) is 37.5. The highest BCUT2D eigenvalue weighted by molar-refractivity contribution is 5.67. The van der Waals surface area contributed by atoms with Crippen molar-refractivity contribution < 1.29 is 75.9 Å². The van der Waals surface area contributed by atoms with Gasteiger partial charge in [0.1, 0.15) is 12.2 Å². The molecule has 0 N–H and O–H groups in total. The van der Waals surface area contributed by atoms with Crippen LogP contribution in [0.3, 0.4) is 0 Å². The molecule has 17 nitrogen and oxygen atoms in total. The van der Waals surface area contributed by atoms with Crippen LogP contribution in [0.4, 0.5) is 4.79 Å². The number of carbonyl (C=O) groups is 2. The molecule has 0 saturated heterocycles. The highest BCUT2D eigenvalue weighted by Gasteiger charge is 2.19.